The largest absolute Gasteiger partial charge is 0.329 e. The number of rotatable bonds is 4. The van der Waals surface area contributed by atoms with Crippen LogP contribution in [0.4, 0.5) is 0 Å². The molecule has 1 aliphatic heterocycles. The number of hydrogen-bond donors (Lipinski definition) is 1. The Morgan fingerprint density at radius 2 is 2.06 bits per heavy atom. The average Bonchev–Trinajstić information content (AvgIpc) is 2.82. The summed E-state index contributed by atoms with van der Waals surface area (Å²) in [5, 5.41) is 1.44. The van der Waals surface area contributed by atoms with Crippen LogP contribution in [0.1, 0.15) is 37.8 Å². The van der Waals surface area contributed by atoms with Crippen molar-refractivity contribution in [2.75, 3.05) is 13.1 Å². The molecule has 2 N–H and O–H groups in total. The minimum Gasteiger partial charge on any atom is -0.329 e. The molecule has 2 atom stereocenters. The Morgan fingerprint density at radius 1 is 1.39 bits per heavy atom. The first-order valence-electron chi connectivity index (χ1n) is 6.58. The maximum absolute atomic E-state index is 6.31. The molecule has 0 amide bonds. The first-order valence-corrected chi connectivity index (χ1v) is 7.34. The van der Waals surface area contributed by atoms with Gasteiger partial charge in [0, 0.05) is 28.2 Å². The Kier molecular flexibility index (Phi) is 4.91. The summed E-state index contributed by atoms with van der Waals surface area (Å²) in [6.45, 7) is 3.87. The molecule has 2 rings (SSSR count). The summed E-state index contributed by atoms with van der Waals surface area (Å²) in [5.41, 5.74) is 6.97. The number of nitrogens with two attached hydrogens (primary N) is 1. The van der Waals surface area contributed by atoms with Gasteiger partial charge >= 0.3 is 0 Å². The normalized spacial score (nSPS) is 22.3. The second-order valence-corrected chi connectivity index (χ2v) is 5.64. The number of nitrogens with zero attached hydrogens (tertiary/aromatic N) is 1. The molecule has 0 bridgehead atoms. The van der Waals surface area contributed by atoms with Crippen LogP contribution in [0.15, 0.2) is 18.2 Å². The summed E-state index contributed by atoms with van der Waals surface area (Å²) >= 11 is 12.6. The molecule has 1 saturated heterocycles. The summed E-state index contributed by atoms with van der Waals surface area (Å²) < 4.78 is 0. The van der Waals surface area contributed by atoms with E-state index in [9.17, 15) is 0 Å². The monoisotopic (exact) mass is 286 g/mol. The molecular weight excluding hydrogens is 267 g/mol. The van der Waals surface area contributed by atoms with Crippen molar-refractivity contribution in [1.29, 1.82) is 0 Å². The van der Waals surface area contributed by atoms with Crippen LogP contribution >= 0.6 is 23.2 Å². The Balaban J connectivity index is 2.33. The fourth-order valence-corrected chi connectivity index (χ4v) is 3.60. The molecule has 2 nitrogen and oxygen atoms in total. The van der Waals surface area contributed by atoms with Gasteiger partial charge in [-0.05, 0) is 37.9 Å². The predicted octanol–water partition coefficient (Wildman–Crippen LogP) is 3.87. The van der Waals surface area contributed by atoms with Gasteiger partial charge in [0.15, 0.2) is 0 Å². The van der Waals surface area contributed by atoms with Crippen molar-refractivity contribution in [1.82, 2.24) is 4.90 Å². The van der Waals surface area contributed by atoms with E-state index in [0.717, 1.165) is 28.6 Å². The third-order valence-corrected chi connectivity index (χ3v) is 4.51. The second-order valence-electron chi connectivity index (χ2n) is 4.83. The van der Waals surface area contributed by atoms with Gasteiger partial charge in [0.05, 0.1) is 6.04 Å². The lowest BCUT2D eigenvalue weighted by atomic mass is 10.0. The van der Waals surface area contributed by atoms with Gasteiger partial charge in [-0.15, -0.1) is 0 Å². The molecule has 1 fully saturated rings. The molecular formula is C14H20Cl2N2. The molecule has 1 heterocycles. The topological polar surface area (TPSA) is 29.3 Å². The van der Waals surface area contributed by atoms with Crippen molar-refractivity contribution >= 4 is 23.2 Å². The number of halogens is 2. The summed E-state index contributed by atoms with van der Waals surface area (Å²) in [6, 6.07) is 6.40. The van der Waals surface area contributed by atoms with Crippen molar-refractivity contribution in [3.63, 3.8) is 0 Å². The maximum Gasteiger partial charge on any atom is 0.0502 e. The van der Waals surface area contributed by atoms with Gasteiger partial charge in [-0.2, -0.15) is 0 Å². The van der Waals surface area contributed by atoms with Gasteiger partial charge < -0.3 is 5.73 Å². The van der Waals surface area contributed by atoms with Crippen molar-refractivity contribution in [3.8, 4) is 0 Å². The highest BCUT2D eigenvalue weighted by atomic mass is 35.5. The first kappa shape index (κ1) is 14.1. The van der Waals surface area contributed by atoms with Gasteiger partial charge in [-0.3, -0.25) is 4.90 Å². The van der Waals surface area contributed by atoms with E-state index in [2.05, 4.69) is 11.8 Å². The van der Waals surface area contributed by atoms with Crippen LogP contribution in [0.3, 0.4) is 0 Å². The Hall–Kier alpha value is -0.280. The van der Waals surface area contributed by atoms with E-state index in [1.807, 2.05) is 18.2 Å². The number of likely N-dealkylation sites (tertiary alicyclic amines) is 1. The Labute approximate surface area is 119 Å². The van der Waals surface area contributed by atoms with Crippen LogP contribution in [-0.2, 0) is 0 Å². The molecule has 4 heteroatoms. The van der Waals surface area contributed by atoms with Crippen LogP contribution < -0.4 is 5.73 Å². The lowest BCUT2D eigenvalue weighted by molar-refractivity contribution is 0.180. The van der Waals surface area contributed by atoms with Gasteiger partial charge in [0.25, 0.3) is 0 Å². The zero-order chi connectivity index (χ0) is 13.1. The highest BCUT2D eigenvalue weighted by Gasteiger charge is 2.31. The second kappa shape index (κ2) is 6.25. The van der Waals surface area contributed by atoms with Crippen LogP contribution in [0.25, 0.3) is 0 Å². The van der Waals surface area contributed by atoms with Crippen LogP contribution in [0.5, 0.6) is 0 Å². The molecule has 100 valence electrons. The summed E-state index contributed by atoms with van der Waals surface area (Å²) in [6.07, 6.45) is 3.63. The van der Waals surface area contributed by atoms with Gasteiger partial charge in [0.1, 0.15) is 0 Å². The molecule has 2 unspecified atom stereocenters. The SMILES string of the molecule is CCC1CCCN1C(CN)c1c(Cl)cccc1Cl. The third-order valence-electron chi connectivity index (χ3n) is 3.85. The molecule has 1 aromatic carbocycles. The van der Waals surface area contributed by atoms with Crippen molar-refractivity contribution in [3.05, 3.63) is 33.8 Å². The first-order chi connectivity index (χ1) is 8.69. The fraction of sp³-hybridized carbons (Fsp3) is 0.571. The Morgan fingerprint density at radius 3 is 2.61 bits per heavy atom. The minimum atomic E-state index is 0.138. The van der Waals surface area contributed by atoms with Crippen LogP contribution in [0, 0.1) is 0 Å². The van der Waals surface area contributed by atoms with E-state index in [1.165, 1.54) is 12.8 Å². The van der Waals surface area contributed by atoms with Gasteiger partial charge in [-0.25, -0.2) is 0 Å². The molecule has 0 radical (unpaired) electrons. The van der Waals surface area contributed by atoms with Crippen molar-refractivity contribution in [2.24, 2.45) is 5.73 Å². The quantitative estimate of drug-likeness (QED) is 0.911. The number of benzene rings is 1. The summed E-state index contributed by atoms with van der Waals surface area (Å²) in [7, 11) is 0. The lowest BCUT2D eigenvalue weighted by Gasteiger charge is -2.33. The van der Waals surface area contributed by atoms with E-state index in [0.29, 0.717) is 12.6 Å². The van der Waals surface area contributed by atoms with E-state index >= 15 is 0 Å². The Bertz CT molecular complexity index is 389. The molecule has 0 aliphatic carbocycles. The van der Waals surface area contributed by atoms with E-state index in [-0.39, 0.29) is 6.04 Å². The lowest BCUT2D eigenvalue weighted by Crippen LogP contribution is -2.37. The van der Waals surface area contributed by atoms with Crippen LogP contribution in [0.2, 0.25) is 10.0 Å². The van der Waals surface area contributed by atoms with E-state index < -0.39 is 0 Å². The van der Waals surface area contributed by atoms with E-state index in [4.69, 9.17) is 28.9 Å². The van der Waals surface area contributed by atoms with Crippen molar-refractivity contribution < 1.29 is 0 Å². The van der Waals surface area contributed by atoms with Crippen LogP contribution in [-0.4, -0.2) is 24.0 Å². The maximum atomic E-state index is 6.31. The highest BCUT2D eigenvalue weighted by molar-refractivity contribution is 6.36. The molecule has 1 aromatic rings. The van der Waals surface area contributed by atoms with Gasteiger partial charge in [0.2, 0.25) is 0 Å². The smallest absolute Gasteiger partial charge is 0.0502 e. The fourth-order valence-electron chi connectivity index (χ4n) is 2.95. The average molecular weight is 287 g/mol. The standard InChI is InChI=1S/C14H20Cl2N2/c1-2-10-5-4-8-18(10)13(9-17)14-11(15)6-3-7-12(14)16/h3,6-7,10,13H,2,4-5,8-9,17H2,1H3. The predicted molar refractivity (Wildman–Crippen MR) is 78.3 cm³/mol. The van der Waals surface area contributed by atoms with E-state index in [1.54, 1.807) is 0 Å². The zero-order valence-corrected chi connectivity index (χ0v) is 12.2. The minimum absolute atomic E-state index is 0.138. The summed E-state index contributed by atoms with van der Waals surface area (Å²) in [4.78, 5) is 2.47. The number of hydrogen-bond acceptors (Lipinski definition) is 2. The highest BCUT2D eigenvalue weighted by Crippen LogP contribution is 2.37. The van der Waals surface area contributed by atoms with Gasteiger partial charge in [-0.1, -0.05) is 36.2 Å². The van der Waals surface area contributed by atoms with Crippen molar-refractivity contribution in [2.45, 2.75) is 38.3 Å². The molecule has 0 spiro atoms. The molecule has 0 aromatic heterocycles. The molecule has 1 aliphatic rings. The molecule has 0 saturated carbocycles. The summed E-state index contributed by atoms with van der Waals surface area (Å²) in [5.74, 6) is 0. The zero-order valence-electron chi connectivity index (χ0n) is 10.7. The third kappa shape index (κ3) is 2.67. The molecule has 18 heavy (non-hydrogen) atoms.